The summed E-state index contributed by atoms with van der Waals surface area (Å²) in [7, 11) is 0. The van der Waals surface area contributed by atoms with Gasteiger partial charge in [0.1, 0.15) is 5.82 Å². The number of aromatic nitrogens is 2. The molecule has 1 aliphatic carbocycles. The first kappa shape index (κ1) is 22.4. The van der Waals surface area contributed by atoms with Gasteiger partial charge in [-0.05, 0) is 42.2 Å². The molecule has 3 rings (SSSR count). The molecule has 10 heteroatoms. The maximum Gasteiger partial charge on any atom is 0.422 e. The van der Waals surface area contributed by atoms with Crippen LogP contribution in [-0.4, -0.2) is 28.8 Å². The molecule has 2 N–H and O–H groups in total. The zero-order valence-corrected chi connectivity index (χ0v) is 16.0. The highest BCUT2D eigenvalue weighted by Gasteiger charge is 2.29. The van der Waals surface area contributed by atoms with Crippen LogP contribution < -0.4 is 15.4 Å². The first-order chi connectivity index (χ1) is 13.8. The predicted molar refractivity (Wildman–Crippen MR) is 97.8 cm³/mol. The second kappa shape index (κ2) is 10.0. The van der Waals surface area contributed by atoms with Crippen LogP contribution in [0.5, 0.6) is 6.01 Å². The lowest BCUT2D eigenvalue weighted by Gasteiger charge is -2.15. The molecule has 2 amide bonds. The van der Waals surface area contributed by atoms with E-state index in [0.29, 0.717) is 6.42 Å². The molecule has 0 spiro atoms. The number of aryl methyl sites for hydroxylation is 1. The SMILES string of the molecule is CC.O=C(NCc1ccnc(OCC(F)(F)F)n1)NC1CCc2ccc(F)cc21. The largest absolute Gasteiger partial charge is 0.454 e. The Labute approximate surface area is 165 Å². The highest BCUT2D eigenvalue weighted by Crippen LogP contribution is 2.31. The average Bonchev–Trinajstić information content (AvgIpc) is 3.08. The number of ether oxygens (including phenoxy) is 1. The third-order valence-corrected chi connectivity index (χ3v) is 3.98. The van der Waals surface area contributed by atoms with Gasteiger partial charge in [0.2, 0.25) is 0 Å². The quantitative estimate of drug-likeness (QED) is 0.724. The van der Waals surface area contributed by atoms with E-state index in [-0.39, 0.29) is 24.1 Å². The van der Waals surface area contributed by atoms with Crippen molar-refractivity contribution in [2.75, 3.05) is 6.61 Å². The second-order valence-electron chi connectivity index (χ2n) is 6.00. The second-order valence-corrected chi connectivity index (χ2v) is 6.00. The molecule has 2 aromatic rings. The van der Waals surface area contributed by atoms with Crippen molar-refractivity contribution in [3.05, 3.63) is 53.1 Å². The number of nitrogens with one attached hydrogen (secondary N) is 2. The summed E-state index contributed by atoms with van der Waals surface area (Å²) in [6, 6.07) is 4.72. The molecule has 1 heterocycles. The molecule has 0 fully saturated rings. The number of alkyl halides is 3. The van der Waals surface area contributed by atoms with E-state index < -0.39 is 24.8 Å². The first-order valence-corrected chi connectivity index (χ1v) is 9.14. The Morgan fingerprint density at radius 3 is 2.76 bits per heavy atom. The molecule has 158 valence electrons. The summed E-state index contributed by atoms with van der Waals surface area (Å²) in [5.41, 5.74) is 2.02. The normalized spacial score (nSPS) is 15.0. The molecule has 1 atom stereocenters. The number of carbonyl (C=O) groups is 1. The number of carbonyl (C=O) groups excluding carboxylic acids is 1. The van der Waals surface area contributed by atoms with Crippen LogP contribution in [-0.2, 0) is 13.0 Å². The number of amides is 2. The van der Waals surface area contributed by atoms with Crippen LogP contribution in [0.15, 0.2) is 30.5 Å². The topological polar surface area (TPSA) is 76.1 Å². The minimum atomic E-state index is -4.49. The van der Waals surface area contributed by atoms with Crippen LogP contribution >= 0.6 is 0 Å². The van der Waals surface area contributed by atoms with Crippen LogP contribution in [0.2, 0.25) is 0 Å². The van der Waals surface area contributed by atoms with Crippen molar-refractivity contribution in [3.63, 3.8) is 0 Å². The van der Waals surface area contributed by atoms with Crippen molar-refractivity contribution in [1.82, 2.24) is 20.6 Å². The van der Waals surface area contributed by atoms with Gasteiger partial charge in [0.15, 0.2) is 6.61 Å². The van der Waals surface area contributed by atoms with E-state index in [1.807, 2.05) is 13.8 Å². The summed E-state index contributed by atoms with van der Waals surface area (Å²) < 4.78 is 54.3. The Bertz CT molecular complexity index is 830. The number of benzene rings is 1. The molecule has 1 aromatic heterocycles. The molecule has 6 nitrogen and oxygen atoms in total. The molecule has 1 aromatic carbocycles. The van der Waals surface area contributed by atoms with E-state index in [1.54, 1.807) is 6.07 Å². The Morgan fingerprint density at radius 1 is 1.28 bits per heavy atom. The highest BCUT2D eigenvalue weighted by molar-refractivity contribution is 5.74. The van der Waals surface area contributed by atoms with Gasteiger partial charge in [-0.25, -0.2) is 14.2 Å². The number of urea groups is 1. The molecular weight excluding hydrogens is 392 g/mol. The van der Waals surface area contributed by atoms with E-state index in [4.69, 9.17) is 0 Å². The lowest BCUT2D eigenvalue weighted by atomic mass is 10.1. The van der Waals surface area contributed by atoms with Gasteiger partial charge in [-0.3, -0.25) is 0 Å². The molecule has 1 unspecified atom stereocenters. The van der Waals surface area contributed by atoms with Crippen molar-refractivity contribution in [2.45, 2.75) is 45.5 Å². The molecule has 0 aliphatic heterocycles. The van der Waals surface area contributed by atoms with Crippen molar-refractivity contribution >= 4 is 6.03 Å². The van der Waals surface area contributed by atoms with E-state index in [0.717, 1.165) is 17.5 Å². The van der Waals surface area contributed by atoms with Crippen LogP contribution in [0, 0.1) is 5.82 Å². The molecule has 0 radical (unpaired) electrons. The zero-order chi connectivity index (χ0) is 21.4. The smallest absolute Gasteiger partial charge is 0.422 e. The minimum absolute atomic E-state index is 0.0283. The fourth-order valence-corrected chi connectivity index (χ4v) is 2.79. The molecule has 29 heavy (non-hydrogen) atoms. The third kappa shape index (κ3) is 6.88. The van der Waals surface area contributed by atoms with Crippen LogP contribution in [0.1, 0.15) is 43.1 Å². The zero-order valence-electron chi connectivity index (χ0n) is 16.0. The summed E-state index contributed by atoms with van der Waals surface area (Å²) in [6.45, 7) is 2.47. The van der Waals surface area contributed by atoms with Gasteiger partial charge in [-0.2, -0.15) is 18.2 Å². The van der Waals surface area contributed by atoms with E-state index in [2.05, 4.69) is 25.3 Å². The standard InChI is InChI=1S/C17H16F4N4O2.C2H6/c18-11-3-1-10-2-4-14(13(10)7-11)25-15(26)23-8-12-5-6-22-16(24-12)27-9-17(19,20)21;1-2/h1,3,5-7,14H,2,4,8-9H2,(H2,23,25,26);1-2H3. The van der Waals surface area contributed by atoms with Crippen LogP contribution in [0.25, 0.3) is 0 Å². The van der Waals surface area contributed by atoms with Gasteiger partial charge in [0.05, 0.1) is 18.3 Å². The van der Waals surface area contributed by atoms with Gasteiger partial charge in [-0.15, -0.1) is 0 Å². The van der Waals surface area contributed by atoms with Crippen LogP contribution in [0.4, 0.5) is 22.4 Å². The molecule has 0 saturated carbocycles. The molecule has 0 bridgehead atoms. The average molecular weight is 414 g/mol. The van der Waals surface area contributed by atoms with E-state index in [9.17, 15) is 22.4 Å². The highest BCUT2D eigenvalue weighted by atomic mass is 19.4. The lowest BCUT2D eigenvalue weighted by molar-refractivity contribution is -0.154. The van der Waals surface area contributed by atoms with Gasteiger partial charge in [0.25, 0.3) is 0 Å². The predicted octanol–water partition coefficient (Wildman–Crippen LogP) is 4.07. The summed E-state index contributed by atoms with van der Waals surface area (Å²) in [5.74, 6) is -0.366. The summed E-state index contributed by atoms with van der Waals surface area (Å²) in [4.78, 5) is 19.5. The number of hydrogen-bond donors (Lipinski definition) is 2. The number of halogens is 4. The monoisotopic (exact) mass is 414 g/mol. The van der Waals surface area contributed by atoms with Crippen molar-refractivity contribution < 1.29 is 27.1 Å². The Morgan fingerprint density at radius 2 is 2.03 bits per heavy atom. The Balaban J connectivity index is 0.00000145. The first-order valence-electron chi connectivity index (χ1n) is 9.14. The van der Waals surface area contributed by atoms with Crippen molar-refractivity contribution in [2.24, 2.45) is 0 Å². The maximum absolute atomic E-state index is 13.4. The van der Waals surface area contributed by atoms with Gasteiger partial charge < -0.3 is 15.4 Å². The van der Waals surface area contributed by atoms with Crippen LogP contribution in [0.3, 0.4) is 0 Å². The lowest BCUT2D eigenvalue weighted by Crippen LogP contribution is -2.37. The van der Waals surface area contributed by atoms with Gasteiger partial charge in [0, 0.05) is 6.20 Å². The van der Waals surface area contributed by atoms with E-state index in [1.165, 1.54) is 24.4 Å². The summed E-state index contributed by atoms with van der Waals surface area (Å²) in [6.07, 6.45) is -1.85. The summed E-state index contributed by atoms with van der Waals surface area (Å²) >= 11 is 0. The molecule has 1 aliphatic rings. The number of hydrogen-bond acceptors (Lipinski definition) is 4. The van der Waals surface area contributed by atoms with Gasteiger partial charge >= 0.3 is 18.2 Å². The van der Waals surface area contributed by atoms with Crippen molar-refractivity contribution in [3.8, 4) is 6.01 Å². The van der Waals surface area contributed by atoms with Gasteiger partial charge in [-0.1, -0.05) is 19.9 Å². The Kier molecular flexibility index (Phi) is 7.74. The number of rotatable bonds is 5. The third-order valence-electron chi connectivity index (χ3n) is 3.98. The molecule has 0 saturated heterocycles. The minimum Gasteiger partial charge on any atom is -0.454 e. The maximum atomic E-state index is 13.4. The van der Waals surface area contributed by atoms with E-state index >= 15 is 0 Å². The van der Waals surface area contributed by atoms with Crippen molar-refractivity contribution in [1.29, 1.82) is 0 Å². The molecular formula is C19H22F4N4O2. The number of fused-ring (bicyclic) bond motifs is 1. The Hall–Kier alpha value is -2.91. The summed E-state index contributed by atoms with van der Waals surface area (Å²) in [5, 5.41) is 5.31. The number of nitrogens with zero attached hydrogens (tertiary/aromatic N) is 2. The fraction of sp³-hybridized carbons (Fsp3) is 0.421. The fourth-order valence-electron chi connectivity index (χ4n) is 2.79.